The maximum Gasteiger partial charge on any atom is 0.258 e. The first-order valence-corrected chi connectivity index (χ1v) is 6.61. The van der Waals surface area contributed by atoms with Crippen LogP contribution in [0.25, 0.3) is 10.8 Å². The van der Waals surface area contributed by atoms with Crippen LogP contribution in [0, 0.1) is 0 Å². The Labute approximate surface area is 122 Å². The molecule has 0 saturated carbocycles. The van der Waals surface area contributed by atoms with Gasteiger partial charge in [-0.2, -0.15) is 0 Å². The zero-order chi connectivity index (χ0) is 15.4. The standard InChI is InChI=1S/C15H18N2O4/c1-20-12-6-5-11-10(14(12)21-2)7-9-17(15(11)19)8-3-4-13(16)18/h5-7,9H,3-4,8H2,1-2H3,(H2,16,18). The van der Waals surface area contributed by atoms with E-state index in [9.17, 15) is 9.59 Å². The van der Waals surface area contributed by atoms with Crippen LogP contribution in [0.1, 0.15) is 12.8 Å². The molecule has 0 spiro atoms. The Morgan fingerprint density at radius 3 is 2.57 bits per heavy atom. The molecule has 1 aromatic carbocycles. The number of hydrogen-bond acceptors (Lipinski definition) is 4. The number of amides is 1. The minimum absolute atomic E-state index is 0.127. The normalized spacial score (nSPS) is 10.6. The second kappa shape index (κ2) is 6.30. The Hall–Kier alpha value is -2.50. The molecule has 6 nitrogen and oxygen atoms in total. The van der Waals surface area contributed by atoms with Crippen LogP contribution in [-0.4, -0.2) is 24.7 Å². The first-order chi connectivity index (χ1) is 10.1. The molecular weight excluding hydrogens is 272 g/mol. The lowest BCUT2D eigenvalue weighted by Crippen LogP contribution is -2.21. The molecule has 21 heavy (non-hydrogen) atoms. The van der Waals surface area contributed by atoms with Gasteiger partial charge in [-0.1, -0.05) is 0 Å². The number of nitrogens with two attached hydrogens (primary N) is 1. The Kier molecular flexibility index (Phi) is 4.47. The van der Waals surface area contributed by atoms with Gasteiger partial charge in [-0.3, -0.25) is 9.59 Å². The molecule has 0 aliphatic heterocycles. The maximum absolute atomic E-state index is 12.4. The fourth-order valence-corrected chi connectivity index (χ4v) is 2.29. The molecule has 1 aromatic heterocycles. The van der Waals surface area contributed by atoms with Gasteiger partial charge in [0, 0.05) is 24.5 Å². The van der Waals surface area contributed by atoms with Crippen LogP contribution >= 0.6 is 0 Å². The lowest BCUT2D eigenvalue weighted by atomic mass is 10.1. The maximum atomic E-state index is 12.4. The number of nitrogens with zero attached hydrogens (tertiary/aromatic N) is 1. The number of primary amides is 1. The molecule has 2 N–H and O–H groups in total. The molecule has 1 amide bonds. The van der Waals surface area contributed by atoms with Gasteiger partial charge in [0.2, 0.25) is 5.91 Å². The van der Waals surface area contributed by atoms with Crippen molar-refractivity contribution in [1.29, 1.82) is 0 Å². The van der Waals surface area contributed by atoms with Gasteiger partial charge < -0.3 is 19.8 Å². The first-order valence-electron chi connectivity index (χ1n) is 6.61. The highest BCUT2D eigenvalue weighted by Crippen LogP contribution is 2.33. The Morgan fingerprint density at radius 2 is 1.95 bits per heavy atom. The number of carbonyl (C=O) groups is 1. The van der Waals surface area contributed by atoms with Crippen molar-refractivity contribution in [2.75, 3.05) is 14.2 Å². The van der Waals surface area contributed by atoms with Crippen molar-refractivity contribution in [3.05, 3.63) is 34.7 Å². The fourth-order valence-electron chi connectivity index (χ4n) is 2.29. The van der Waals surface area contributed by atoms with Crippen LogP contribution in [0.4, 0.5) is 0 Å². The third kappa shape index (κ3) is 2.99. The van der Waals surface area contributed by atoms with Crippen molar-refractivity contribution >= 4 is 16.7 Å². The van der Waals surface area contributed by atoms with Crippen LogP contribution in [-0.2, 0) is 11.3 Å². The molecule has 0 unspecified atom stereocenters. The van der Waals surface area contributed by atoms with E-state index < -0.39 is 0 Å². The first kappa shape index (κ1) is 14.9. The Balaban J connectivity index is 2.43. The number of pyridine rings is 1. The summed E-state index contributed by atoms with van der Waals surface area (Å²) in [7, 11) is 3.09. The van der Waals surface area contributed by atoms with Gasteiger partial charge in [0.25, 0.3) is 5.56 Å². The van der Waals surface area contributed by atoms with Crippen molar-refractivity contribution in [2.24, 2.45) is 5.73 Å². The molecular formula is C15H18N2O4. The van der Waals surface area contributed by atoms with Crippen LogP contribution < -0.4 is 20.8 Å². The number of fused-ring (bicyclic) bond motifs is 1. The van der Waals surface area contributed by atoms with Gasteiger partial charge in [0.15, 0.2) is 11.5 Å². The molecule has 112 valence electrons. The number of aromatic nitrogens is 1. The number of ether oxygens (including phenoxy) is 2. The SMILES string of the molecule is COc1ccc2c(=O)n(CCCC(N)=O)ccc2c1OC. The quantitative estimate of drug-likeness (QED) is 0.868. The highest BCUT2D eigenvalue weighted by molar-refractivity contribution is 5.90. The van der Waals surface area contributed by atoms with Crippen molar-refractivity contribution in [3.63, 3.8) is 0 Å². The molecule has 2 rings (SSSR count). The molecule has 0 fully saturated rings. The van der Waals surface area contributed by atoms with Gasteiger partial charge in [0.1, 0.15) is 0 Å². The average Bonchev–Trinajstić information content (AvgIpc) is 2.48. The zero-order valence-corrected chi connectivity index (χ0v) is 12.1. The van der Waals surface area contributed by atoms with Gasteiger partial charge in [0.05, 0.1) is 19.6 Å². The van der Waals surface area contributed by atoms with Crippen LogP contribution in [0.3, 0.4) is 0 Å². The second-order valence-electron chi connectivity index (χ2n) is 4.65. The van der Waals surface area contributed by atoms with E-state index in [1.807, 2.05) is 6.07 Å². The summed E-state index contributed by atoms with van der Waals surface area (Å²) in [5, 5.41) is 1.25. The molecule has 0 saturated heterocycles. The second-order valence-corrected chi connectivity index (χ2v) is 4.65. The number of aryl methyl sites for hydroxylation is 1. The number of carbonyl (C=O) groups excluding carboxylic acids is 1. The zero-order valence-electron chi connectivity index (χ0n) is 12.1. The highest BCUT2D eigenvalue weighted by Gasteiger charge is 2.12. The summed E-state index contributed by atoms with van der Waals surface area (Å²) in [6, 6.07) is 5.22. The van der Waals surface area contributed by atoms with E-state index >= 15 is 0 Å². The summed E-state index contributed by atoms with van der Waals surface area (Å²) >= 11 is 0. The molecule has 2 aromatic rings. The molecule has 6 heteroatoms. The van der Waals surface area contributed by atoms with E-state index in [2.05, 4.69) is 0 Å². The van der Waals surface area contributed by atoms with E-state index in [1.54, 1.807) is 30.0 Å². The highest BCUT2D eigenvalue weighted by atomic mass is 16.5. The number of hydrogen-bond donors (Lipinski definition) is 1. The van der Waals surface area contributed by atoms with E-state index in [1.165, 1.54) is 7.11 Å². The van der Waals surface area contributed by atoms with Gasteiger partial charge >= 0.3 is 0 Å². The predicted molar refractivity (Wildman–Crippen MR) is 79.7 cm³/mol. The molecule has 0 atom stereocenters. The van der Waals surface area contributed by atoms with Gasteiger partial charge in [-0.15, -0.1) is 0 Å². The van der Waals surface area contributed by atoms with Crippen molar-refractivity contribution in [1.82, 2.24) is 4.57 Å². The fraction of sp³-hybridized carbons (Fsp3) is 0.333. The third-order valence-electron chi connectivity index (χ3n) is 3.32. The minimum atomic E-state index is -0.366. The number of benzene rings is 1. The molecule has 0 radical (unpaired) electrons. The molecule has 0 bridgehead atoms. The third-order valence-corrected chi connectivity index (χ3v) is 3.32. The van der Waals surface area contributed by atoms with E-state index in [0.717, 1.165) is 0 Å². The monoisotopic (exact) mass is 290 g/mol. The largest absolute Gasteiger partial charge is 0.493 e. The summed E-state index contributed by atoms with van der Waals surface area (Å²) in [6.45, 7) is 0.450. The summed E-state index contributed by atoms with van der Waals surface area (Å²) < 4.78 is 12.1. The summed E-state index contributed by atoms with van der Waals surface area (Å²) in [5.74, 6) is 0.752. The van der Waals surface area contributed by atoms with Crippen molar-refractivity contribution in [2.45, 2.75) is 19.4 Å². The predicted octanol–water partition coefficient (Wildman–Crippen LogP) is 1.28. The van der Waals surface area contributed by atoms with Crippen molar-refractivity contribution in [3.8, 4) is 11.5 Å². The van der Waals surface area contributed by atoms with E-state index in [0.29, 0.717) is 35.2 Å². The number of rotatable bonds is 6. The van der Waals surface area contributed by atoms with Crippen LogP contribution in [0.15, 0.2) is 29.2 Å². The number of methoxy groups -OCH3 is 2. The summed E-state index contributed by atoms with van der Waals surface area (Å²) in [6.07, 6.45) is 2.48. The van der Waals surface area contributed by atoms with E-state index in [-0.39, 0.29) is 17.9 Å². The molecule has 0 aliphatic rings. The Bertz CT molecular complexity index is 721. The summed E-state index contributed by atoms with van der Waals surface area (Å²) in [5.41, 5.74) is 4.97. The minimum Gasteiger partial charge on any atom is -0.493 e. The van der Waals surface area contributed by atoms with Crippen LogP contribution in [0.2, 0.25) is 0 Å². The summed E-state index contributed by atoms with van der Waals surface area (Å²) in [4.78, 5) is 23.2. The Morgan fingerprint density at radius 1 is 1.19 bits per heavy atom. The van der Waals surface area contributed by atoms with E-state index in [4.69, 9.17) is 15.2 Å². The van der Waals surface area contributed by atoms with Crippen LogP contribution in [0.5, 0.6) is 11.5 Å². The van der Waals surface area contributed by atoms with Gasteiger partial charge in [-0.05, 0) is 24.6 Å². The molecule has 1 heterocycles. The smallest absolute Gasteiger partial charge is 0.258 e. The average molecular weight is 290 g/mol. The lowest BCUT2D eigenvalue weighted by Gasteiger charge is -2.12. The molecule has 0 aliphatic carbocycles. The van der Waals surface area contributed by atoms with Gasteiger partial charge in [-0.25, -0.2) is 0 Å². The topological polar surface area (TPSA) is 83.5 Å². The van der Waals surface area contributed by atoms with Crippen molar-refractivity contribution < 1.29 is 14.3 Å². The lowest BCUT2D eigenvalue weighted by molar-refractivity contribution is -0.118.